The lowest BCUT2D eigenvalue weighted by atomic mass is 9.89. The summed E-state index contributed by atoms with van der Waals surface area (Å²) in [5.74, 6) is 0.118. The van der Waals surface area contributed by atoms with E-state index in [0.717, 1.165) is 11.1 Å². The second-order valence-corrected chi connectivity index (χ2v) is 6.49. The van der Waals surface area contributed by atoms with Crippen molar-refractivity contribution < 1.29 is 18.7 Å². The number of anilines is 1. The number of carbonyl (C=O) groups is 2. The predicted molar refractivity (Wildman–Crippen MR) is 103 cm³/mol. The van der Waals surface area contributed by atoms with Crippen molar-refractivity contribution in [1.82, 2.24) is 10.3 Å². The molecule has 0 saturated heterocycles. The van der Waals surface area contributed by atoms with E-state index in [1.807, 2.05) is 30.3 Å². The Bertz CT molecular complexity index is 1010. The van der Waals surface area contributed by atoms with Crippen molar-refractivity contribution in [3.05, 3.63) is 66.1 Å². The summed E-state index contributed by atoms with van der Waals surface area (Å²) >= 11 is 0. The Balaban J connectivity index is 1.47. The minimum atomic E-state index is -0.584. The summed E-state index contributed by atoms with van der Waals surface area (Å²) in [5.41, 5.74) is 2.84. The monoisotopic (exact) mass is 377 g/mol. The molecule has 1 aliphatic rings. The molecule has 142 valence electrons. The highest BCUT2D eigenvalue weighted by Gasteiger charge is 2.31. The van der Waals surface area contributed by atoms with Crippen molar-refractivity contribution >= 4 is 17.5 Å². The van der Waals surface area contributed by atoms with Crippen molar-refractivity contribution in [3.8, 4) is 17.2 Å². The Morgan fingerprint density at radius 1 is 1.29 bits per heavy atom. The highest BCUT2D eigenvalue weighted by atomic mass is 16.5. The first kappa shape index (κ1) is 17.8. The van der Waals surface area contributed by atoms with Crippen molar-refractivity contribution in [2.75, 3.05) is 12.4 Å². The summed E-state index contributed by atoms with van der Waals surface area (Å²) < 4.78 is 10.7. The number of aromatic nitrogens is 1. The third-order valence-corrected chi connectivity index (χ3v) is 4.63. The molecule has 1 aromatic heterocycles. The van der Waals surface area contributed by atoms with Gasteiger partial charge in [0.05, 0.1) is 25.3 Å². The number of amides is 2. The lowest BCUT2D eigenvalue weighted by molar-refractivity contribution is -0.126. The van der Waals surface area contributed by atoms with Crippen LogP contribution in [-0.2, 0) is 16.1 Å². The predicted octanol–water partition coefficient (Wildman–Crippen LogP) is 3.09. The Hall–Kier alpha value is -3.61. The van der Waals surface area contributed by atoms with Crippen molar-refractivity contribution in [2.45, 2.75) is 18.9 Å². The number of hydrogen-bond acceptors (Lipinski definition) is 5. The van der Waals surface area contributed by atoms with Gasteiger partial charge in [-0.3, -0.25) is 9.59 Å². The highest BCUT2D eigenvalue weighted by Crippen LogP contribution is 2.35. The van der Waals surface area contributed by atoms with E-state index in [2.05, 4.69) is 15.6 Å². The number of nitrogens with one attached hydrogen (secondary N) is 2. The van der Waals surface area contributed by atoms with Gasteiger partial charge in [0.15, 0.2) is 0 Å². The second-order valence-electron chi connectivity index (χ2n) is 6.49. The van der Waals surface area contributed by atoms with Gasteiger partial charge in [-0.2, -0.15) is 0 Å². The van der Waals surface area contributed by atoms with Crippen LogP contribution in [-0.4, -0.2) is 23.9 Å². The van der Waals surface area contributed by atoms with Crippen LogP contribution in [0.1, 0.15) is 23.6 Å². The molecule has 4 rings (SSSR count). The fourth-order valence-electron chi connectivity index (χ4n) is 3.20. The first-order valence-corrected chi connectivity index (χ1v) is 8.89. The van der Waals surface area contributed by atoms with Crippen LogP contribution >= 0.6 is 0 Å². The topological polar surface area (TPSA) is 93.5 Å². The van der Waals surface area contributed by atoms with E-state index in [1.54, 1.807) is 25.3 Å². The van der Waals surface area contributed by atoms with E-state index in [0.29, 0.717) is 23.0 Å². The fourth-order valence-corrected chi connectivity index (χ4v) is 3.20. The molecule has 28 heavy (non-hydrogen) atoms. The lowest BCUT2D eigenvalue weighted by Crippen LogP contribution is -2.34. The van der Waals surface area contributed by atoms with Crippen LogP contribution in [0.15, 0.2) is 59.2 Å². The normalized spacial score (nSPS) is 15.5. The SMILES string of the molecule is COc1ccc2c(c1)[C@@H](C(=O)NCc1coc(-c3ccccc3)n1)CC(=O)N2. The van der Waals surface area contributed by atoms with Crippen LogP contribution in [0, 0.1) is 0 Å². The molecule has 2 amide bonds. The minimum Gasteiger partial charge on any atom is -0.497 e. The smallest absolute Gasteiger partial charge is 0.228 e. The number of oxazole rings is 1. The van der Waals surface area contributed by atoms with Crippen molar-refractivity contribution in [1.29, 1.82) is 0 Å². The van der Waals surface area contributed by atoms with E-state index in [-0.39, 0.29) is 24.8 Å². The van der Waals surface area contributed by atoms with Gasteiger partial charge in [-0.1, -0.05) is 18.2 Å². The number of rotatable bonds is 5. The van der Waals surface area contributed by atoms with Crippen LogP contribution in [0.3, 0.4) is 0 Å². The first-order valence-electron chi connectivity index (χ1n) is 8.89. The van der Waals surface area contributed by atoms with E-state index in [9.17, 15) is 9.59 Å². The largest absolute Gasteiger partial charge is 0.497 e. The van der Waals surface area contributed by atoms with Gasteiger partial charge in [0, 0.05) is 17.7 Å². The molecule has 0 bridgehead atoms. The van der Waals surface area contributed by atoms with E-state index in [4.69, 9.17) is 9.15 Å². The van der Waals surface area contributed by atoms with Gasteiger partial charge in [0.2, 0.25) is 17.7 Å². The van der Waals surface area contributed by atoms with Gasteiger partial charge in [0.1, 0.15) is 12.0 Å². The molecule has 0 saturated carbocycles. The number of fused-ring (bicyclic) bond motifs is 1. The molecule has 2 heterocycles. The maximum atomic E-state index is 12.8. The average molecular weight is 377 g/mol. The number of benzene rings is 2. The zero-order valence-corrected chi connectivity index (χ0v) is 15.3. The molecule has 2 N–H and O–H groups in total. The quantitative estimate of drug-likeness (QED) is 0.713. The summed E-state index contributed by atoms with van der Waals surface area (Å²) in [6.45, 7) is 0.215. The fraction of sp³-hybridized carbons (Fsp3) is 0.190. The maximum Gasteiger partial charge on any atom is 0.228 e. The Morgan fingerprint density at radius 3 is 2.89 bits per heavy atom. The molecular weight excluding hydrogens is 358 g/mol. The molecule has 0 spiro atoms. The van der Waals surface area contributed by atoms with E-state index < -0.39 is 5.92 Å². The lowest BCUT2D eigenvalue weighted by Gasteiger charge is -2.25. The molecule has 0 aliphatic carbocycles. The summed E-state index contributed by atoms with van der Waals surface area (Å²) in [6, 6.07) is 14.8. The van der Waals surface area contributed by atoms with Gasteiger partial charge in [-0.05, 0) is 35.9 Å². The number of hydrogen-bond donors (Lipinski definition) is 2. The number of methoxy groups -OCH3 is 1. The number of nitrogens with zero attached hydrogens (tertiary/aromatic N) is 1. The average Bonchev–Trinajstić information content (AvgIpc) is 3.21. The van der Waals surface area contributed by atoms with Crippen LogP contribution in [0.5, 0.6) is 5.75 Å². The third kappa shape index (κ3) is 3.59. The zero-order valence-electron chi connectivity index (χ0n) is 15.3. The van der Waals surface area contributed by atoms with Gasteiger partial charge in [-0.25, -0.2) is 4.98 Å². The summed E-state index contributed by atoms with van der Waals surface area (Å²) in [7, 11) is 1.56. The molecule has 7 heteroatoms. The van der Waals surface area contributed by atoms with Crippen LogP contribution in [0.2, 0.25) is 0 Å². The standard InChI is InChI=1S/C21H19N3O4/c1-27-15-7-8-18-16(9-15)17(10-19(25)24-18)20(26)22-11-14-12-28-21(23-14)13-5-3-2-4-6-13/h2-9,12,17H,10-11H2,1H3,(H,22,26)(H,24,25)/t17-/m0/s1. The molecule has 7 nitrogen and oxygen atoms in total. The van der Waals surface area contributed by atoms with Crippen LogP contribution < -0.4 is 15.4 Å². The number of ether oxygens (including phenoxy) is 1. The van der Waals surface area contributed by atoms with Gasteiger partial charge < -0.3 is 19.8 Å². The molecule has 0 unspecified atom stereocenters. The molecule has 1 aliphatic heterocycles. The summed E-state index contributed by atoms with van der Waals surface area (Å²) in [6.07, 6.45) is 1.60. The van der Waals surface area contributed by atoms with Crippen LogP contribution in [0.25, 0.3) is 11.5 Å². The molecule has 1 atom stereocenters. The Morgan fingerprint density at radius 2 is 2.11 bits per heavy atom. The minimum absolute atomic E-state index is 0.0834. The molecule has 2 aromatic carbocycles. The summed E-state index contributed by atoms with van der Waals surface area (Å²) in [4.78, 5) is 29.1. The first-order chi connectivity index (χ1) is 13.6. The Labute approximate surface area is 161 Å². The zero-order chi connectivity index (χ0) is 19.5. The molecule has 3 aromatic rings. The number of carbonyl (C=O) groups excluding carboxylic acids is 2. The van der Waals surface area contributed by atoms with Crippen molar-refractivity contribution in [2.24, 2.45) is 0 Å². The van der Waals surface area contributed by atoms with Crippen molar-refractivity contribution in [3.63, 3.8) is 0 Å². The van der Waals surface area contributed by atoms with Gasteiger partial charge >= 0.3 is 0 Å². The van der Waals surface area contributed by atoms with Crippen LogP contribution in [0.4, 0.5) is 5.69 Å². The Kier molecular flexibility index (Phi) is 4.80. The third-order valence-electron chi connectivity index (χ3n) is 4.63. The molecular formula is C21H19N3O4. The van der Waals surface area contributed by atoms with Gasteiger partial charge in [0.25, 0.3) is 0 Å². The second kappa shape index (κ2) is 7.56. The molecule has 0 fully saturated rings. The summed E-state index contributed by atoms with van der Waals surface area (Å²) in [5, 5.41) is 5.64. The highest BCUT2D eigenvalue weighted by molar-refractivity contribution is 6.01. The molecule has 0 radical (unpaired) electrons. The maximum absolute atomic E-state index is 12.8. The van der Waals surface area contributed by atoms with E-state index in [1.165, 1.54) is 6.26 Å². The van der Waals surface area contributed by atoms with Gasteiger partial charge in [-0.15, -0.1) is 0 Å². The van der Waals surface area contributed by atoms with E-state index >= 15 is 0 Å².